The SMILES string of the molecule is CCCNCc1ccnc(C2CC2C)n1. The van der Waals surface area contributed by atoms with Crippen LogP contribution in [-0.2, 0) is 6.54 Å². The zero-order chi connectivity index (χ0) is 10.7. The molecule has 0 spiro atoms. The highest BCUT2D eigenvalue weighted by molar-refractivity contribution is 5.12. The first-order valence-corrected chi connectivity index (χ1v) is 5.83. The van der Waals surface area contributed by atoms with E-state index in [2.05, 4.69) is 29.1 Å². The van der Waals surface area contributed by atoms with Gasteiger partial charge in [-0.05, 0) is 31.4 Å². The molecule has 1 aromatic rings. The van der Waals surface area contributed by atoms with Crippen LogP contribution >= 0.6 is 0 Å². The Balaban J connectivity index is 1.94. The summed E-state index contributed by atoms with van der Waals surface area (Å²) in [6, 6.07) is 2.00. The van der Waals surface area contributed by atoms with E-state index in [0.29, 0.717) is 5.92 Å². The quantitative estimate of drug-likeness (QED) is 0.748. The molecule has 0 amide bonds. The molecule has 2 rings (SSSR count). The van der Waals surface area contributed by atoms with Gasteiger partial charge in [0.05, 0.1) is 5.69 Å². The highest BCUT2D eigenvalue weighted by atomic mass is 14.9. The minimum atomic E-state index is 0.621. The van der Waals surface area contributed by atoms with Crippen LogP contribution in [0.3, 0.4) is 0 Å². The van der Waals surface area contributed by atoms with Crippen molar-refractivity contribution in [2.45, 2.75) is 39.2 Å². The second kappa shape index (κ2) is 4.71. The molecule has 1 fully saturated rings. The average molecular weight is 205 g/mol. The fraction of sp³-hybridized carbons (Fsp3) is 0.667. The van der Waals surface area contributed by atoms with Gasteiger partial charge in [0, 0.05) is 18.7 Å². The largest absolute Gasteiger partial charge is 0.311 e. The Bertz CT molecular complexity index is 324. The predicted molar refractivity (Wildman–Crippen MR) is 60.6 cm³/mol. The minimum absolute atomic E-state index is 0.621. The van der Waals surface area contributed by atoms with Gasteiger partial charge in [-0.3, -0.25) is 0 Å². The average Bonchev–Trinajstić information content (AvgIpc) is 2.97. The summed E-state index contributed by atoms with van der Waals surface area (Å²) in [6.45, 7) is 6.35. The van der Waals surface area contributed by atoms with E-state index < -0.39 is 0 Å². The van der Waals surface area contributed by atoms with Gasteiger partial charge >= 0.3 is 0 Å². The Morgan fingerprint density at radius 1 is 1.53 bits per heavy atom. The van der Waals surface area contributed by atoms with E-state index >= 15 is 0 Å². The van der Waals surface area contributed by atoms with Gasteiger partial charge in [-0.25, -0.2) is 9.97 Å². The highest BCUT2D eigenvalue weighted by Crippen LogP contribution is 2.45. The van der Waals surface area contributed by atoms with Crippen molar-refractivity contribution >= 4 is 0 Å². The summed E-state index contributed by atoms with van der Waals surface area (Å²) in [5.74, 6) is 2.44. The van der Waals surface area contributed by atoms with E-state index in [9.17, 15) is 0 Å². The van der Waals surface area contributed by atoms with Crippen molar-refractivity contribution in [1.29, 1.82) is 0 Å². The Hall–Kier alpha value is -0.960. The molecule has 2 atom stereocenters. The molecular weight excluding hydrogens is 186 g/mol. The van der Waals surface area contributed by atoms with Crippen molar-refractivity contribution in [2.75, 3.05) is 6.54 Å². The van der Waals surface area contributed by atoms with Crippen molar-refractivity contribution in [1.82, 2.24) is 15.3 Å². The third kappa shape index (κ3) is 2.75. The number of nitrogens with zero attached hydrogens (tertiary/aromatic N) is 2. The Morgan fingerprint density at radius 2 is 2.33 bits per heavy atom. The van der Waals surface area contributed by atoms with Crippen molar-refractivity contribution in [3.05, 3.63) is 23.8 Å². The van der Waals surface area contributed by atoms with Crippen LogP contribution < -0.4 is 5.32 Å². The number of nitrogens with one attached hydrogen (secondary N) is 1. The van der Waals surface area contributed by atoms with Gasteiger partial charge in [-0.1, -0.05) is 13.8 Å². The van der Waals surface area contributed by atoms with Crippen LogP contribution in [0.4, 0.5) is 0 Å². The molecule has 0 aliphatic heterocycles. The van der Waals surface area contributed by atoms with Crippen LogP contribution in [0.25, 0.3) is 0 Å². The lowest BCUT2D eigenvalue weighted by molar-refractivity contribution is 0.657. The van der Waals surface area contributed by atoms with Crippen molar-refractivity contribution in [3.8, 4) is 0 Å². The van der Waals surface area contributed by atoms with Gasteiger partial charge < -0.3 is 5.32 Å². The molecule has 0 aromatic carbocycles. The standard InChI is InChI=1S/C12H19N3/c1-3-5-13-8-10-4-6-14-12(15-10)11-7-9(11)2/h4,6,9,11,13H,3,5,7-8H2,1-2H3. The molecule has 0 bridgehead atoms. The van der Waals surface area contributed by atoms with Gasteiger partial charge in [0.25, 0.3) is 0 Å². The van der Waals surface area contributed by atoms with E-state index in [1.807, 2.05) is 12.3 Å². The lowest BCUT2D eigenvalue weighted by atomic mass is 10.3. The Labute approximate surface area is 91.3 Å². The second-order valence-corrected chi connectivity index (χ2v) is 4.40. The first-order chi connectivity index (χ1) is 7.31. The first kappa shape index (κ1) is 10.6. The zero-order valence-electron chi connectivity index (χ0n) is 9.53. The molecule has 1 heterocycles. The van der Waals surface area contributed by atoms with Crippen LogP contribution in [0.15, 0.2) is 12.3 Å². The summed E-state index contributed by atoms with van der Waals surface area (Å²) in [5.41, 5.74) is 1.12. The molecule has 0 saturated heterocycles. The molecule has 1 saturated carbocycles. The number of rotatable bonds is 5. The summed E-state index contributed by atoms with van der Waals surface area (Å²) >= 11 is 0. The molecule has 3 nitrogen and oxygen atoms in total. The van der Waals surface area contributed by atoms with Crippen LogP contribution in [0.1, 0.15) is 44.1 Å². The topological polar surface area (TPSA) is 37.8 Å². The fourth-order valence-electron chi connectivity index (χ4n) is 1.77. The van der Waals surface area contributed by atoms with Crippen molar-refractivity contribution in [2.24, 2.45) is 5.92 Å². The molecule has 1 aliphatic carbocycles. The maximum Gasteiger partial charge on any atom is 0.131 e. The maximum absolute atomic E-state index is 4.58. The Kier molecular flexibility index (Phi) is 3.31. The molecule has 82 valence electrons. The van der Waals surface area contributed by atoms with E-state index in [-0.39, 0.29) is 0 Å². The Morgan fingerprint density at radius 3 is 3.00 bits per heavy atom. The van der Waals surface area contributed by atoms with Crippen LogP contribution in [0.5, 0.6) is 0 Å². The summed E-state index contributed by atoms with van der Waals surface area (Å²) in [6.07, 6.45) is 4.31. The maximum atomic E-state index is 4.58. The number of hydrogen-bond donors (Lipinski definition) is 1. The van der Waals surface area contributed by atoms with Gasteiger partial charge in [0.2, 0.25) is 0 Å². The zero-order valence-corrected chi connectivity index (χ0v) is 9.53. The second-order valence-electron chi connectivity index (χ2n) is 4.40. The molecule has 0 radical (unpaired) electrons. The lowest BCUT2D eigenvalue weighted by Gasteiger charge is -2.04. The molecular formula is C12H19N3. The highest BCUT2D eigenvalue weighted by Gasteiger charge is 2.36. The molecule has 3 heteroatoms. The minimum Gasteiger partial charge on any atom is -0.311 e. The molecule has 1 N–H and O–H groups in total. The third-order valence-corrected chi connectivity index (χ3v) is 2.91. The molecule has 2 unspecified atom stereocenters. The van der Waals surface area contributed by atoms with Crippen molar-refractivity contribution in [3.63, 3.8) is 0 Å². The van der Waals surface area contributed by atoms with E-state index in [1.165, 1.54) is 6.42 Å². The summed E-state index contributed by atoms with van der Waals surface area (Å²) in [7, 11) is 0. The van der Waals surface area contributed by atoms with Crippen LogP contribution in [0.2, 0.25) is 0 Å². The number of hydrogen-bond acceptors (Lipinski definition) is 3. The van der Waals surface area contributed by atoms with Gasteiger partial charge in [-0.15, -0.1) is 0 Å². The van der Waals surface area contributed by atoms with E-state index in [0.717, 1.165) is 36.9 Å². The monoisotopic (exact) mass is 205 g/mol. The molecule has 1 aliphatic rings. The smallest absolute Gasteiger partial charge is 0.131 e. The third-order valence-electron chi connectivity index (χ3n) is 2.91. The summed E-state index contributed by atoms with van der Waals surface area (Å²) in [5, 5.41) is 3.36. The summed E-state index contributed by atoms with van der Waals surface area (Å²) < 4.78 is 0. The van der Waals surface area contributed by atoms with E-state index in [1.54, 1.807) is 0 Å². The predicted octanol–water partition coefficient (Wildman–Crippen LogP) is 2.10. The first-order valence-electron chi connectivity index (χ1n) is 5.83. The number of aromatic nitrogens is 2. The van der Waals surface area contributed by atoms with Crippen LogP contribution in [0, 0.1) is 5.92 Å². The van der Waals surface area contributed by atoms with Gasteiger partial charge in [0.1, 0.15) is 5.82 Å². The normalized spacial score (nSPS) is 24.1. The van der Waals surface area contributed by atoms with Crippen LogP contribution in [-0.4, -0.2) is 16.5 Å². The lowest BCUT2D eigenvalue weighted by Crippen LogP contribution is -2.15. The molecule has 1 aromatic heterocycles. The summed E-state index contributed by atoms with van der Waals surface area (Å²) in [4.78, 5) is 8.92. The molecule has 15 heavy (non-hydrogen) atoms. The van der Waals surface area contributed by atoms with Gasteiger partial charge in [-0.2, -0.15) is 0 Å². The van der Waals surface area contributed by atoms with Crippen molar-refractivity contribution < 1.29 is 0 Å². The van der Waals surface area contributed by atoms with E-state index in [4.69, 9.17) is 0 Å². The fourth-order valence-corrected chi connectivity index (χ4v) is 1.77. The van der Waals surface area contributed by atoms with Gasteiger partial charge in [0.15, 0.2) is 0 Å².